The molecule has 0 atom stereocenters. The SMILES string of the molecule is OCCOc1ccc(C2(c3ccc(OCCO)cc3)CCCCCCCCCCCCCC2)cc1. The van der Waals surface area contributed by atoms with Crippen molar-refractivity contribution in [3.63, 3.8) is 0 Å². The number of hydrogen-bond donors (Lipinski definition) is 2. The Morgan fingerprint density at radius 1 is 0.486 bits per heavy atom. The zero-order valence-corrected chi connectivity index (χ0v) is 21.6. The van der Waals surface area contributed by atoms with Crippen LogP contribution in [0, 0.1) is 0 Å². The largest absolute Gasteiger partial charge is 0.491 e. The van der Waals surface area contributed by atoms with Gasteiger partial charge in [-0.05, 0) is 48.2 Å². The number of aliphatic hydroxyl groups excluding tert-OH is 2. The van der Waals surface area contributed by atoms with Crippen molar-refractivity contribution in [2.24, 2.45) is 0 Å². The van der Waals surface area contributed by atoms with Gasteiger partial charge in [0.25, 0.3) is 0 Å². The first kappa shape index (κ1) is 27.5. The van der Waals surface area contributed by atoms with E-state index in [1.54, 1.807) is 0 Å². The van der Waals surface area contributed by atoms with Crippen LogP contribution in [0.15, 0.2) is 48.5 Å². The molecule has 4 nitrogen and oxygen atoms in total. The van der Waals surface area contributed by atoms with Gasteiger partial charge in [0.05, 0.1) is 13.2 Å². The second kappa shape index (κ2) is 15.9. The van der Waals surface area contributed by atoms with Gasteiger partial charge in [-0.3, -0.25) is 0 Å². The van der Waals surface area contributed by atoms with E-state index in [2.05, 4.69) is 48.5 Å². The van der Waals surface area contributed by atoms with E-state index in [-0.39, 0.29) is 18.6 Å². The normalized spacial score (nSPS) is 18.2. The summed E-state index contributed by atoms with van der Waals surface area (Å²) in [7, 11) is 0. The molecule has 3 rings (SSSR count). The van der Waals surface area contributed by atoms with E-state index in [0.29, 0.717) is 13.2 Å². The number of rotatable bonds is 8. The third-order valence-electron chi connectivity index (χ3n) is 7.49. The highest BCUT2D eigenvalue weighted by Gasteiger charge is 2.33. The molecular weight excluding hydrogens is 436 g/mol. The zero-order valence-electron chi connectivity index (χ0n) is 21.6. The monoisotopic (exact) mass is 482 g/mol. The Morgan fingerprint density at radius 2 is 0.800 bits per heavy atom. The first-order valence-corrected chi connectivity index (χ1v) is 14.0. The van der Waals surface area contributed by atoms with Gasteiger partial charge in [0.15, 0.2) is 0 Å². The molecule has 194 valence electrons. The van der Waals surface area contributed by atoms with Crippen LogP contribution in [-0.4, -0.2) is 36.6 Å². The lowest BCUT2D eigenvalue weighted by Crippen LogP contribution is -2.28. The fraction of sp³-hybridized carbons (Fsp3) is 0.613. The molecule has 4 heteroatoms. The number of ether oxygens (including phenoxy) is 2. The van der Waals surface area contributed by atoms with Crippen molar-refractivity contribution in [2.75, 3.05) is 26.4 Å². The second-order valence-corrected chi connectivity index (χ2v) is 10.0. The topological polar surface area (TPSA) is 58.9 Å². The minimum Gasteiger partial charge on any atom is -0.491 e. The Bertz CT molecular complexity index is 730. The molecule has 0 aromatic heterocycles. The van der Waals surface area contributed by atoms with Crippen molar-refractivity contribution in [3.8, 4) is 11.5 Å². The molecule has 0 spiro atoms. The molecule has 0 amide bonds. The Labute approximate surface area is 212 Å². The number of hydrogen-bond acceptors (Lipinski definition) is 4. The van der Waals surface area contributed by atoms with E-state index in [1.165, 1.54) is 88.2 Å². The molecule has 2 N–H and O–H groups in total. The fourth-order valence-corrected chi connectivity index (χ4v) is 5.56. The lowest BCUT2D eigenvalue weighted by molar-refractivity contribution is 0.201. The molecule has 35 heavy (non-hydrogen) atoms. The van der Waals surface area contributed by atoms with E-state index < -0.39 is 0 Å². The average molecular weight is 483 g/mol. The van der Waals surface area contributed by atoms with Gasteiger partial charge >= 0.3 is 0 Å². The van der Waals surface area contributed by atoms with Crippen LogP contribution in [0.25, 0.3) is 0 Å². The molecule has 2 aromatic carbocycles. The van der Waals surface area contributed by atoms with Gasteiger partial charge in [0.2, 0.25) is 0 Å². The summed E-state index contributed by atoms with van der Waals surface area (Å²) in [6, 6.07) is 17.2. The zero-order chi connectivity index (χ0) is 24.6. The minimum atomic E-state index is -0.0365. The van der Waals surface area contributed by atoms with Gasteiger partial charge in [-0.2, -0.15) is 0 Å². The molecule has 1 aliphatic carbocycles. The summed E-state index contributed by atoms with van der Waals surface area (Å²) in [5.74, 6) is 1.62. The molecule has 0 radical (unpaired) electrons. The Morgan fingerprint density at radius 3 is 1.11 bits per heavy atom. The van der Waals surface area contributed by atoms with Gasteiger partial charge < -0.3 is 19.7 Å². The Hall–Kier alpha value is -2.04. The van der Waals surface area contributed by atoms with Gasteiger partial charge in [0, 0.05) is 5.41 Å². The highest BCUT2D eigenvalue weighted by Crippen LogP contribution is 2.43. The summed E-state index contributed by atoms with van der Waals surface area (Å²) in [4.78, 5) is 0. The van der Waals surface area contributed by atoms with Gasteiger partial charge in [-0.25, -0.2) is 0 Å². The van der Waals surface area contributed by atoms with Crippen LogP contribution < -0.4 is 9.47 Å². The van der Waals surface area contributed by atoms with Crippen LogP contribution in [0.4, 0.5) is 0 Å². The van der Waals surface area contributed by atoms with Crippen molar-refractivity contribution < 1.29 is 19.7 Å². The third-order valence-corrected chi connectivity index (χ3v) is 7.49. The molecule has 1 fully saturated rings. The quantitative estimate of drug-likeness (QED) is 0.418. The summed E-state index contributed by atoms with van der Waals surface area (Å²) in [6.07, 6.45) is 18.3. The Balaban J connectivity index is 1.89. The predicted molar refractivity (Wildman–Crippen MR) is 143 cm³/mol. The second-order valence-electron chi connectivity index (χ2n) is 10.0. The lowest BCUT2D eigenvalue weighted by Gasteiger charge is -2.36. The summed E-state index contributed by atoms with van der Waals surface area (Å²) < 4.78 is 11.3. The van der Waals surface area contributed by atoms with Crippen LogP contribution in [-0.2, 0) is 5.41 Å². The number of benzene rings is 2. The predicted octanol–water partition coefficient (Wildman–Crippen LogP) is 7.19. The van der Waals surface area contributed by atoms with E-state index in [4.69, 9.17) is 19.7 Å². The lowest BCUT2D eigenvalue weighted by atomic mass is 9.68. The van der Waals surface area contributed by atoms with Crippen molar-refractivity contribution in [2.45, 2.75) is 95.3 Å². The van der Waals surface area contributed by atoms with Crippen molar-refractivity contribution in [3.05, 3.63) is 59.7 Å². The Kier molecular flexibility index (Phi) is 12.5. The third kappa shape index (κ3) is 8.84. The number of aliphatic hydroxyl groups is 2. The first-order chi connectivity index (χ1) is 17.3. The molecule has 2 aromatic rings. The first-order valence-electron chi connectivity index (χ1n) is 14.0. The highest BCUT2D eigenvalue weighted by molar-refractivity contribution is 5.43. The van der Waals surface area contributed by atoms with Crippen LogP contribution in [0.5, 0.6) is 11.5 Å². The fourth-order valence-electron chi connectivity index (χ4n) is 5.56. The van der Waals surface area contributed by atoms with E-state index in [1.807, 2.05) is 0 Å². The molecule has 1 saturated carbocycles. The van der Waals surface area contributed by atoms with Crippen molar-refractivity contribution >= 4 is 0 Å². The molecule has 0 unspecified atom stereocenters. The van der Waals surface area contributed by atoms with Gasteiger partial charge in [-0.15, -0.1) is 0 Å². The smallest absolute Gasteiger partial charge is 0.119 e. The van der Waals surface area contributed by atoms with Crippen LogP contribution in [0.2, 0.25) is 0 Å². The summed E-state index contributed by atoms with van der Waals surface area (Å²) >= 11 is 0. The van der Waals surface area contributed by atoms with Crippen molar-refractivity contribution in [1.82, 2.24) is 0 Å². The molecule has 0 heterocycles. The summed E-state index contributed by atoms with van der Waals surface area (Å²) in [5.41, 5.74) is 2.66. The molecule has 0 saturated heterocycles. The van der Waals surface area contributed by atoms with Crippen LogP contribution >= 0.6 is 0 Å². The minimum absolute atomic E-state index is 0.0242. The maximum Gasteiger partial charge on any atom is 0.119 e. The summed E-state index contributed by atoms with van der Waals surface area (Å²) in [5, 5.41) is 18.2. The van der Waals surface area contributed by atoms with Gasteiger partial charge in [-0.1, -0.05) is 101 Å². The molecule has 0 aliphatic heterocycles. The summed E-state index contributed by atoms with van der Waals surface area (Å²) in [6.45, 7) is 0.687. The van der Waals surface area contributed by atoms with Crippen LogP contribution in [0.1, 0.15) is 101 Å². The molecular formula is C31H46O4. The maximum atomic E-state index is 9.11. The van der Waals surface area contributed by atoms with Gasteiger partial charge in [0.1, 0.15) is 24.7 Å². The molecule has 0 bridgehead atoms. The highest BCUT2D eigenvalue weighted by atomic mass is 16.5. The van der Waals surface area contributed by atoms with Crippen molar-refractivity contribution in [1.29, 1.82) is 0 Å². The van der Waals surface area contributed by atoms with E-state index >= 15 is 0 Å². The standard InChI is InChI=1S/C31H46O4/c32-23-25-34-29-17-13-27(14-18-29)31(28-15-19-30(20-16-28)35-26-24-33)21-11-9-7-5-3-1-2-4-6-8-10-12-22-31/h13-20,32-33H,1-12,21-26H2. The maximum absolute atomic E-state index is 9.11. The molecule has 1 aliphatic rings. The van der Waals surface area contributed by atoms with Crippen LogP contribution in [0.3, 0.4) is 0 Å². The average Bonchev–Trinajstić information content (AvgIpc) is 2.91. The van der Waals surface area contributed by atoms with E-state index in [0.717, 1.165) is 24.3 Å². The van der Waals surface area contributed by atoms with E-state index in [9.17, 15) is 0 Å².